The molecule has 1 aromatic carbocycles. The van der Waals surface area contributed by atoms with Gasteiger partial charge in [0.2, 0.25) is 5.79 Å². The van der Waals surface area contributed by atoms with Crippen LogP contribution in [0.1, 0.15) is 57.7 Å². The summed E-state index contributed by atoms with van der Waals surface area (Å²) in [6, 6.07) is 3.96. The number of methoxy groups -OCH3 is 1. The van der Waals surface area contributed by atoms with Crippen LogP contribution in [0.15, 0.2) is 12.1 Å². The van der Waals surface area contributed by atoms with Crippen molar-refractivity contribution in [1.29, 1.82) is 0 Å². The van der Waals surface area contributed by atoms with Crippen LogP contribution in [-0.2, 0) is 15.3 Å². The first-order chi connectivity index (χ1) is 11.0. The van der Waals surface area contributed by atoms with Crippen LogP contribution in [-0.4, -0.2) is 24.3 Å². The standard InChI is InChI=1S/C19H30ClNO2/c1-9-18(7)14(4)23-19(22-8,17(5,6)21-18)15-10-12(2)13(3)16(20)11-15/h10-11,14,21H,9H2,1-8H3/t14?,18?,19-/m0/s1/i/hD. The molecule has 1 saturated heterocycles. The molecule has 4 heteroatoms. The summed E-state index contributed by atoms with van der Waals surface area (Å²) in [5.74, 6) is -1.06. The van der Waals surface area contributed by atoms with Crippen LogP contribution in [0.3, 0.4) is 0 Å². The van der Waals surface area contributed by atoms with Gasteiger partial charge in [-0.1, -0.05) is 24.6 Å². The van der Waals surface area contributed by atoms with Crippen LogP contribution in [0, 0.1) is 13.8 Å². The Hall–Kier alpha value is -0.610. The highest BCUT2D eigenvalue weighted by atomic mass is 35.5. The number of halogens is 1. The highest BCUT2D eigenvalue weighted by Crippen LogP contribution is 2.46. The zero-order valence-electron chi connectivity index (χ0n) is 16.6. The summed E-state index contributed by atoms with van der Waals surface area (Å²) in [7, 11) is 1.64. The van der Waals surface area contributed by atoms with Crippen LogP contribution >= 0.6 is 11.6 Å². The van der Waals surface area contributed by atoms with Crippen molar-refractivity contribution >= 4 is 11.6 Å². The van der Waals surface area contributed by atoms with Crippen LogP contribution in [0.25, 0.3) is 0 Å². The van der Waals surface area contributed by atoms with Gasteiger partial charge in [0.05, 0.1) is 11.6 Å². The van der Waals surface area contributed by atoms with Crippen molar-refractivity contribution in [2.75, 3.05) is 7.11 Å². The van der Waals surface area contributed by atoms with Crippen molar-refractivity contribution in [2.45, 2.75) is 77.9 Å². The van der Waals surface area contributed by atoms with Crippen molar-refractivity contribution in [3.05, 3.63) is 33.8 Å². The summed E-state index contributed by atoms with van der Waals surface area (Å²) < 4.78 is 21.3. The summed E-state index contributed by atoms with van der Waals surface area (Å²) in [6.07, 6.45) is 0.641. The van der Waals surface area contributed by atoms with Gasteiger partial charge in [0.25, 0.3) is 0 Å². The van der Waals surface area contributed by atoms with Crippen LogP contribution in [0.5, 0.6) is 0 Å². The molecule has 2 rings (SSSR count). The average molecular weight is 341 g/mol. The smallest absolute Gasteiger partial charge is 0.213 e. The third kappa shape index (κ3) is 2.82. The highest BCUT2D eigenvalue weighted by Gasteiger charge is 2.57. The molecule has 0 radical (unpaired) electrons. The number of hydrogen-bond acceptors (Lipinski definition) is 3. The molecule has 0 bridgehead atoms. The van der Waals surface area contributed by atoms with Crippen molar-refractivity contribution < 1.29 is 10.9 Å². The van der Waals surface area contributed by atoms with E-state index >= 15 is 0 Å². The van der Waals surface area contributed by atoms with E-state index in [0.717, 1.165) is 23.1 Å². The number of aryl methyl sites for hydroxylation is 1. The monoisotopic (exact) mass is 340 g/mol. The second-order valence-corrected chi connectivity index (χ2v) is 7.77. The first-order valence-electron chi connectivity index (χ1n) is 8.72. The number of benzene rings is 1. The van der Waals surface area contributed by atoms with E-state index < -0.39 is 16.9 Å². The molecule has 1 aliphatic rings. The topological polar surface area (TPSA) is 30.5 Å². The second-order valence-electron chi connectivity index (χ2n) is 7.36. The maximum absolute atomic E-state index is 8.86. The molecule has 130 valence electrons. The predicted octanol–water partition coefficient (Wildman–Crippen LogP) is 4.71. The number of hydrogen-bond donors (Lipinski definition) is 1. The van der Waals surface area contributed by atoms with E-state index in [-0.39, 0.29) is 6.10 Å². The summed E-state index contributed by atoms with van der Waals surface area (Å²) in [4.78, 5) is 0. The van der Waals surface area contributed by atoms with Gasteiger partial charge >= 0.3 is 0 Å². The summed E-state index contributed by atoms with van der Waals surface area (Å²) in [6.45, 7) is 14.2. The molecule has 1 aromatic rings. The average Bonchev–Trinajstić information content (AvgIpc) is 2.53. The van der Waals surface area contributed by atoms with E-state index in [9.17, 15) is 0 Å². The molecule has 0 aliphatic carbocycles. The van der Waals surface area contributed by atoms with Gasteiger partial charge in [-0.25, -0.2) is 0 Å². The zero-order valence-corrected chi connectivity index (χ0v) is 16.3. The van der Waals surface area contributed by atoms with Gasteiger partial charge in [-0.3, -0.25) is 5.31 Å². The van der Waals surface area contributed by atoms with Crippen molar-refractivity contribution in [2.24, 2.45) is 0 Å². The Morgan fingerprint density at radius 2 is 1.96 bits per heavy atom. The van der Waals surface area contributed by atoms with E-state index in [0.29, 0.717) is 5.02 Å². The molecule has 23 heavy (non-hydrogen) atoms. The maximum atomic E-state index is 8.86. The van der Waals surface area contributed by atoms with Gasteiger partial charge in [-0.05, 0) is 65.2 Å². The fraction of sp³-hybridized carbons (Fsp3) is 0.684. The lowest BCUT2D eigenvalue weighted by atomic mass is 9.78. The van der Waals surface area contributed by atoms with Gasteiger partial charge < -0.3 is 9.47 Å². The van der Waals surface area contributed by atoms with E-state index in [2.05, 4.69) is 19.9 Å². The largest absolute Gasteiger partial charge is 0.348 e. The fourth-order valence-electron chi connectivity index (χ4n) is 3.53. The Labute approximate surface area is 147 Å². The molecule has 2 unspecified atom stereocenters. The molecular weight excluding hydrogens is 310 g/mol. The SMILES string of the molecule is [2H]N1C(C)(CC)C(C)O[C@@](OC)(c2cc(C)c(C)c(Cl)c2)C1(C)C. The number of rotatable bonds is 3. The lowest BCUT2D eigenvalue weighted by Crippen LogP contribution is -2.74. The van der Waals surface area contributed by atoms with Crippen molar-refractivity contribution in [3.63, 3.8) is 0 Å². The molecule has 3 nitrogen and oxygen atoms in total. The Morgan fingerprint density at radius 1 is 1.35 bits per heavy atom. The Balaban J connectivity index is 2.68. The second kappa shape index (κ2) is 6.03. The highest BCUT2D eigenvalue weighted by molar-refractivity contribution is 6.31. The molecule has 0 aromatic heterocycles. The number of ether oxygens (including phenoxy) is 2. The Kier molecular flexibility index (Phi) is 4.52. The predicted molar refractivity (Wildman–Crippen MR) is 96.1 cm³/mol. The molecule has 0 spiro atoms. The van der Waals surface area contributed by atoms with Crippen LogP contribution < -0.4 is 5.31 Å². The molecule has 1 N–H and O–H groups in total. The lowest BCUT2D eigenvalue weighted by Gasteiger charge is -2.58. The molecule has 0 saturated carbocycles. The van der Waals surface area contributed by atoms with Gasteiger partial charge in [0, 0.05) is 23.2 Å². The minimum atomic E-state index is -1.06. The zero-order chi connectivity index (χ0) is 18.5. The normalized spacial score (nSPS) is 35.2. The lowest BCUT2D eigenvalue weighted by molar-refractivity contribution is -0.329. The fourth-order valence-corrected chi connectivity index (χ4v) is 3.80. The third-order valence-corrected chi connectivity index (χ3v) is 5.94. The maximum Gasteiger partial charge on any atom is 0.213 e. The van der Waals surface area contributed by atoms with Crippen LogP contribution in [0.4, 0.5) is 0 Å². The van der Waals surface area contributed by atoms with Crippen molar-refractivity contribution in [1.82, 2.24) is 5.31 Å². The minimum Gasteiger partial charge on any atom is -0.348 e. The van der Waals surface area contributed by atoms with E-state index in [4.69, 9.17) is 22.5 Å². The number of morpholine rings is 1. The van der Waals surface area contributed by atoms with Gasteiger partial charge in [-0.15, -0.1) is 0 Å². The Bertz CT molecular complexity index is 613. The summed E-state index contributed by atoms with van der Waals surface area (Å²) >= 11 is 6.43. The molecule has 0 amide bonds. The van der Waals surface area contributed by atoms with Crippen molar-refractivity contribution in [3.8, 4) is 0 Å². The van der Waals surface area contributed by atoms with E-state index in [1.807, 2.05) is 40.7 Å². The molecule has 1 aliphatic heterocycles. The van der Waals surface area contributed by atoms with E-state index in [1.165, 1.54) is 0 Å². The van der Waals surface area contributed by atoms with Crippen LogP contribution in [0.2, 0.25) is 6.43 Å². The van der Waals surface area contributed by atoms with Gasteiger partial charge in [-0.2, -0.15) is 0 Å². The first kappa shape index (κ1) is 17.2. The third-order valence-electron chi connectivity index (χ3n) is 5.55. The summed E-state index contributed by atoms with van der Waals surface area (Å²) in [5, 5.41) is 2.34. The summed E-state index contributed by atoms with van der Waals surface area (Å²) in [5.41, 5.74) is 1.89. The number of nitrogens with one attached hydrogen (secondary N) is 1. The molecular formula is C19H30ClNO2. The Morgan fingerprint density at radius 3 is 2.43 bits per heavy atom. The quantitative estimate of drug-likeness (QED) is 0.864. The first-order valence-corrected chi connectivity index (χ1v) is 8.65. The van der Waals surface area contributed by atoms with Gasteiger partial charge in [0.1, 0.15) is 1.41 Å². The molecule has 1 fully saturated rings. The molecule has 1 heterocycles. The minimum absolute atomic E-state index is 0.173. The molecule has 3 atom stereocenters. The van der Waals surface area contributed by atoms with E-state index in [1.54, 1.807) is 12.4 Å². The van der Waals surface area contributed by atoms with Gasteiger partial charge in [0.15, 0.2) is 0 Å².